The first-order valence-electron chi connectivity index (χ1n) is 8.81. The van der Waals surface area contributed by atoms with Gasteiger partial charge in [-0.05, 0) is 43.4 Å². The molecule has 0 spiro atoms. The summed E-state index contributed by atoms with van der Waals surface area (Å²) in [6, 6.07) is 0. The fraction of sp³-hybridized carbons (Fsp3) is 0.800. The van der Waals surface area contributed by atoms with Crippen LogP contribution in [0.3, 0.4) is 0 Å². The first-order chi connectivity index (χ1) is 9.47. The van der Waals surface area contributed by atoms with Crippen LogP contribution < -0.4 is 0 Å². The molecule has 3 atom stereocenters. The minimum atomic E-state index is 0.324. The van der Waals surface area contributed by atoms with Crippen LogP contribution in [-0.2, 0) is 0 Å². The molecule has 0 aliphatic rings. The lowest BCUT2D eigenvalue weighted by molar-refractivity contribution is 0.248. The third-order valence-electron chi connectivity index (χ3n) is 4.86. The minimum Gasteiger partial charge on any atom is -0.0914 e. The van der Waals surface area contributed by atoms with Gasteiger partial charge in [0.15, 0.2) is 0 Å². The third kappa shape index (κ3) is 5.46. The van der Waals surface area contributed by atoms with Crippen molar-refractivity contribution in [2.75, 3.05) is 0 Å². The molecular weight excluding hydrogens is 240 g/mol. The summed E-state index contributed by atoms with van der Waals surface area (Å²) in [5.74, 6) is 1.34. The van der Waals surface area contributed by atoms with Crippen LogP contribution >= 0.6 is 0 Å². The number of hydrogen-bond donors (Lipinski definition) is 0. The summed E-state index contributed by atoms with van der Waals surface area (Å²) in [5, 5.41) is 0. The van der Waals surface area contributed by atoms with Crippen LogP contribution in [0.5, 0.6) is 0 Å². The quantitative estimate of drug-likeness (QED) is 0.372. The van der Waals surface area contributed by atoms with E-state index in [0.29, 0.717) is 11.3 Å². The molecule has 0 aromatic carbocycles. The van der Waals surface area contributed by atoms with E-state index in [-0.39, 0.29) is 0 Å². The molecule has 3 unspecified atom stereocenters. The molecule has 0 rings (SSSR count). The molecule has 0 aliphatic heterocycles. The molecule has 0 heterocycles. The van der Waals surface area contributed by atoms with Crippen LogP contribution in [-0.4, -0.2) is 0 Å². The Bertz CT molecular complexity index is 297. The lowest BCUT2D eigenvalue weighted by Crippen LogP contribution is -2.30. The maximum Gasteiger partial charge on any atom is -0.00538 e. The van der Waals surface area contributed by atoms with Crippen molar-refractivity contribution in [2.24, 2.45) is 17.3 Å². The monoisotopic (exact) mass is 278 g/mol. The zero-order valence-corrected chi connectivity index (χ0v) is 15.1. The van der Waals surface area contributed by atoms with E-state index in [9.17, 15) is 0 Å². The van der Waals surface area contributed by atoms with Gasteiger partial charge in [-0.15, -0.1) is 0 Å². The van der Waals surface area contributed by atoms with Gasteiger partial charge in [0.1, 0.15) is 0 Å². The largest absolute Gasteiger partial charge is 0.0914 e. The zero-order chi connectivity index (χ0) is 15.6. The maximum atomic E-state index is 2.52. The van der Waals surface area contributed by atoms with Crippen molar-refractivity contribution in [1.82, 2.24) is 0 Å². The highest BCUT2D eigenvalue weighted by atomic mass is 14.4. The molecule has 0 saturated carbocycles. The van der Waals surface area contributed by atoms with E-state index in [1.807, 2.05) is 0 Å². The van der Waals surface area contributed by atoms with E-state index in [1.165, 1.54) is 32.1 Å². The highest BCUT2D eigenvalue weighted by Crippen LogP contribution is 2.45. The molecule has 0 aliphatic carbocycles. The molecule has 0 nitrogen and oxygen atoms in total. The summed E-state index contributed by atoms with van der Waals surface area (Å²) < 4.78 is 0. The van der Waals surface area contributed by atoms with Gasteiger partial charge in [0.2, 0.25) is 0 Å². The molecular formula is C20H38. The first kappa shape index (κ1) is 19.5. The number of unbranched alkanes of at least 4 members (excludes halogenated alkanes) is 1. The van der Waals surface area contributed by atoms with E-state index in [0.717, 1.165) is 12.3 Å². The number of hydrogen-bond acceptors (Lipinski definition) is 0. The normalized spacial score (nSPS) is 19.1. The van der Waals surface area contributed by atoms with Gasteiger partial charge in [-0.2, -0.15) is 0 Å². The van der Waals surface area contributed by atoms with Gasteiger partial charge in [-0.3, -0.25) is 0 Å². The van der Waals surface area contributed by atoms with Crippen LogP contribution in [0, 0.1) is 17.3 Å². The standard InChI is InChI=1S/C20H38/c1-8-12-15-17(5)19(14-10-3)20(7,16-11-4)18(6)13-9-2/h9,13-14,17-18H,8,10-12,15-16H2,1-7H3. The average molecular weight is 279 g/mol. The third-order valence-corrected chi connectivity index (χ3v) is 4.86. The second kappa shape index (κ2) is 10.2. The second-order valence-electron chi connectivity index (χ2n) is 6.59. The van der Waals surface area contributed by atoms with E-state index in [4.69, 9.17) is 0 Å². The van der Waals surface area contributed by atoms with Crippen molar-refractivity contribution in [3.63, 3.8) is 0 Å². The van der Waals surface area contributed by atoms with Gasteiger partial charge in [0.05, 0.1) is 0 Å². The van der Waals surface area contributed by atoms with Gasteiger partial charge in [0, 0.05) is 0 Å². The summed E-state index contributed by atoms with van der Waals surface area (Å²) in [4.78, 5) is 0. The van der Waals surface area contributed by atoms with E-state index in [1.54, 1.807) is 5.57 Å². The summed E-state index contributed by atoms with van der Waals surface area (Å²) in [5.41, 5.74) is 2.03. The number of rotatable bonds is 10. The summed E-state index contributed by atoms with van der Waals surface area (Å²) in [6.45, 7) is 16.4. The van der Waals surface area contributed by atoms with Crippen molar-refractivity contribution in [1.29, 1.82) is 0 Å². The molecule has 0 N–H and O–H groups in total. The Kier molecular flexibility index (Phi) is 9.98. The van der Waals surface area contributed by atoms with Crippen LogP contribution in [0.25, 0.3) is 0 Å². The van der Waals surface area contributed by atoms with Crippen molar-refractivity contribution in [3.05, 3.63) is 23.8 Å². The Hall–Kier alpha value is -0.520. The van der Waals surface area contributed by atoms with Gasteiger partial charge in [-0.25, -0.2) is 0 Å². The number of allylic oxidation sites excluding steroid dienone is 4. The van der Waals surface area contributed by atoms with E-state index in [2.05, 4.69) is 66.7 Å². The molecule has 0 radical (unpaired) electrons. The molecule has 0 bridgehead atoms. The van der Waals surface area contributed by atoms with Gasteiger partial charge in [0.25, 0.3) is 0 Å². The molecule has 0 heteroatoms. The Balaban J connectivity index is 5.38. The van der Waals surface area contributed by atoms with Crippen molar-refractivity contribution in [3.8, 4) is 0 Å². The zero-order valence-electron chi connectivity index (χ0n) is 15.1. The topological polar surface area (TPSA) is 0 Å². The molecule has 0 aromatic heterocycles. The van der Waals surface area contributed by atoms with E-state index >= 15 is 0 Å². The highest BCUT2D eigenvalue weighted by Gasteiger charge is 2.34. The predicted molar refractivity (Wildman–Crippen MR) is 94.1 cm³/mol. The fourth-order valence-corrected chi connectivity index (χ4v) is 3.54. The SMILES string of the molecule is CC=CC(C)C(C)(CCC)C(=CCC)C(C)CCCC. The van der Waals surface area contributed by atoms with Crippen LogP contribution in [0.1, 0.15) is 87.0 Å². The average Bonchev–Trinajstić information content (AvgIpc) is 2.42. The van der Waals surface area contributed by atoms with Crippen LogP contribution in [0.15, 0.2) is 23.8 Å². The van der Waals surface area contributed by atoms with Crippen molar-refractivity contribution >= 4 is 0 Å². The molecule has 0 aromatic rings. The molecule has 0 saturated heterocycles. The minimum absolute atomic E-state index is 0.324. The maximum absolute atomic E-state index is 2.52. The Morgan fingerprint density at radius 3 is 2.20 bits per heavy atom. The van der Waals surface area contributed by atoms with E-state index < -0.39 is 0 Å². The second-order valence-corrected chi connectivity index (χ2v) is 6.59. The molecule has 0 fully saturated rings. The predicted octanol–water partition coefficient (Wildman–Crippen LogP) is 7.17. The highest BCUT2D eigenvalue weighted by molar-refractivity contribution is 5.20. The van der Waals surface area contributed by atoms with Gasteiger partial charge in [-0.1, -0.05) is 84.6 Å². The van der Waals surface area contributed by atoms with Crippen LogP contribution in [0.4, 0.5) is 0 Å². The van der Waals surface area contributed by atoms with Crippen molar-refractivity contribution in [2.45, 2.75) is 87.0 Å². The molecule has 20 heavy (non-hydrogen) atoms. The lowest BCUT2D eigenvalue weighted by atomic mass is 9.65. The summed E-state index contributed by atoms with van der Waals surface area (Å²) in [7, 11) is 0. The van der Waals surface area contributed by atoms with Gasteiger partial charge >= 0.3 is 0 Å². The Labute approximate surface area is 128 Å². The molecule has 0 amide bonds. The Morgan fingerprint density at radius 2 is 1.75 bits per heavy atom. The van der Waals surface area contributed by atoms with Gasteiger partial charge < -0.3 is 0 Å². The fourth-order valence-electron chi connectivity index (χ4n) is 3.54. The smallest absolute Gasteiger partial charge is 0.00538 e. The Morgan fingerprint density at radius 1 is 1.10 bits per heavy atom. The first-order valence-corrected chi connectivity index (χ1v) is 8.81. The van der Waals surface area contributed by atoms with Crippen molar-refractivity contribution < 1.29 is 0 Å². The lowest BCUT2D eigenvalue weighted by Gasteiger charge is -2.40. The summed E-state index contributed by atoms with van der Waals surface area (Å²) >= 11 is 0. The molecule has 118 valence electrons. The van der Waals surface area contributed by atoms with Crippen LogP contribution in [0.2, 0.25) is 0 Å². The summed E-state index contributed by atoms with van der Waals surface area (Å²) in [6.07, 6.45) is 14.8.